The summed E-state index contributed by atoms with van der Waals surface area (Å²) in [5.74, 6) is -0.891. The number of carboxylic acid groups (broad SMARTS) is 1. The molecule has 23 heavy (non-hydrogen) atoms. The van der Waals surface area contributed by atoms with Crippen molar-refractivity contribution in [3.63, 3.8) is 0 Å². The quantitative estimate of drug-likeness (QED) is 0.884. The molecule has 116 valence electrons. The Balaban J connectivity index is 1.93. The SMILES string of the molecule is Cc1cc(NC(=O)COc2ccc(C#N)cc2)ccc1C(=O)O. The lowest BCUT2D eigenvalue weighted by molar-refractivity contribution is -0.118. The van der Waals surface area contributed by atoms with E-state index in [4.69, 9.17) is 15.1 Å². The minimum absolute atomic E-state index is 0.189. The van der Waals surface area contributed by atoms with E-state index in [-0.39, 0.29) is 18.1 Å². The van der Waals surface area contributed by atoms with Crippen LogP contribution < -0.4 is 10.1 Å². The van der Waals surface area contributed by atoms with Gasteiger partial charge in [-0.2, -0.15) is 5.26 Å². The predicted octanol–water partition coefficient (Wildman–Crippen LogP) is 2.58. The molecule has 0 bridgehead atoms. The molecule has 0 saturated carbocycles. The van der Waals surface area contributed by atoms with Crippen LogP contribution in [0.25, 0.3) is 0 Å². The van der Waals surface area contributed by atoms with Crippen LogP contribution in [0.4, 0.5) is 5.69 Å². The number of anilines is 1. The molecule has 0 aromatic heterocycles. The van der Waals surface area contributed by atoms with E-state index in [2.05, 4.69) is 5.32 Å². The average Bonchev–Trinajstić information content (AvgIpc) is 2.53. The molecule has 1 amide bonds. The third kappa shape index (κ3) is 4.32. The molecule has 0 aliphatic rings. The minimum atomic E-state index is -1.01. The molecule has 0 aliphatic carbocycles. The summed E-state index contributed by atoms with van der Waals surface area (Å²) in [4.78, 5) is 22.8. The molecule has 0 aliphatic heterocycles. The number of carbonyl (C=O) groups excluding carboxylic acids is 1. The number of hydrogen-bond acceptors (Lipinski definition) is 4. The number of aryl methyl sites for hydroxylation is 1. The third-order valence-electron chi connectivity index (χ3n) is 3.09. The standard InChI is InChI=1S/C17H14N2O4/c1-11-8-13(4-7-15(11)17(21)22)19-16(20)10-23-14-5-2-12(9-18)3-6-14/h2-8H,10H2,1H3,(H,19,20)(H,21,22). The number of rotatable bonds is 5. The maximum absolute atomic E-state index is 11.8. The number of benzene rings is 2. The average molecular weight is 310 g/mol. The van der Waals surface area contributed by atoms with Crippen molar-refractivity contribution >= 4 is 17.6 Å². The third-order valence-corrected chi connectivity index (χ3v) is 3.09. The molecule has 6 nitrogen and oxygen atoms in total. The fourth-order valence-electron chi connectivity index (χ4n) is 1.95. The van der Waals surface area contributed by atoms with Gasteiger partial charge in [0, 0.05) is 5.69 Å². The summed E-state index contributed by atoms with van der Waals surface area (Å²) in [6, 6.07) is 13.0. The lowest BCUT2D eigenvalue weighted by Crippen LogP contribution is -2.20. The number of amides is 1. The van der Waals surface area contributed by atoms with Crippen LogP contribution >= 0.6 is 0 Å². The van der Waals surface area contributed by atoms with Gasteiger partial charge in [-0.25, -0.2) is 4.79 Å². The molecule has 0 fully saturated rings. The second kappa shape index (κ2) is 7.09. The van der Waals surface area contributed by atoms with Crippen molar-refractivity contribution in [1.29, 1.82) is 5.26 Å². The highest BCUT2D eigenvalue weighted by Gasteiger charge is 2.09. The molecule has 2 aromatic carbocycles. The number of nitrogens with zero attached hydrogens (tertiary/aromatic N) is 1. The number of aromatic carboxylic acids is 1. The number of nitriles is 1. The van der Waals surface area contributed by atoms with Crippen LogP contribution in [0.3, 0.4) is 0 Å². The first-order chi connectivity index (χ1) is 11.0. The van der Waals surface area contributed by atoms with Gasteiger partial charge in [-0.15, -0.1) is 0 Å². The van der Waals surface area contributed by atoms with Gasteiger partial charge in [0.1, 0.15) is 5.75 Å². The smallest absolute Gasteiger partial charge is 0.335 e. The van der Waals surface area contributed by atoms with Crippen molar-refractivity contribution in [2.45, 2.75) is 6.92 Å². The second-order valence-electron chi connectivity index (χ2n) is 4.81. The summed E-state index contributed by atoms with van der Waals surface area (Å²) in [5.41, 5.74) is 1.76. The normalized spacial score (nSPS) is 9.74. The van der Waals surface area contributed by atoms with Crippen LogP contribution in [-0.2, 0) is 4.79 Å². The molecule has 2 rings (SSSR count). The molecule has 0 heterocycles. The fourth-order valence-corrected chi connectivity index (χ4v) is 1.95. The molecule has 2 aromatic rings. The summed E-state index contributed by atoms with van der Waals surface area (Å²) in [6.45, 7) is 1.47. The Hall–Kier alpha value is -3.33. The van der Waals surface area contributed by atoms with Gasteiger partial charge in [-0.3, -0.25) is 4.79 Å². The van der Waals surface area contributed by atoms with E-state index >= 15 is 0 Å². The highest BCUT2D eigenvalue weighted by Crippen LogP contribution is 2.16. The van der Waals surface area contributed by atoms with Gasteiger partial charge < -0.3 is 15.2 Å². The summed E-state index contributed by atoms with van der Waals surface area (Å²) >= 11 is 0. The van der Waals surface area contributed by atoms with Crippen LogP contribution in [0.15, 0.2) is 42.5 Å². The van der Waals surface area contributed by atoms with Gasteiger partial charge in [0.25, 0.3) is 5.91 Å². The monoisotopic (exact) mass is 310 g/mol. The van der Waals surface area contributed by atoms with Crippen molar-refractivity contribution < 1.29 is 19.4 Å². The van der Waals surface area contributed by atoms with Gasteiger partial charge in [-0.05, 0) is 55.0 Å². The Bertz CT molecular complexity index is 776. The van der Waals surface area contributed by atoms with Crippen molar-refractivity contribution in [1.82, 2.24) is 0 Å². The van der Waals surface area contributed by atoms with E-state index in [0.717, 1.165) is 0 Å². The zero-order chi connectivity index (χ0) is 16.8. The van der Waals surface area contributed by atoms with E-state index in [9.17, 15) is 9.59 Å². The van der Waals surface area contributed by atoms with E-state index in [0.29, 0.717) is 22.6 Å². The lowest BCUT2D eigenvalue weighted by Gasteiger charge is -2.09. The molecule has 2 N–H and O–H groups in total. The first kappa shape index (κ1) is 16.0. The van der Waals surface area contributed by atoms with Crippen LogP contribution in [0.5, 0.6) is 5.75 Å². The minimum Gasteiger partial charge on any atom is -0.484 e. The van der Waals surface area contributed by atoms with Crippen molar-refractivity contribution in [2.75, 3.05) is 11.9 Å². The van der Waals surface area contributed by atoms with E-state index < -0.39 is 5.97 Å². The summed E-state index contributed by atoms with van der Waals surface area (Å²) in [7, 11) is 0. The number of carbonyl (C=O) groups is 2. The Morgan fingerprint density at radius 3 is 2.48 bits per heavy atom. The summed E-state index contributed by atoms with van der Waals surface area (Å²) < 4.78 is 5.32. The zero-order valence-electron chi connectivity index (χ0n) is 12.4. The number of carboxylic acids is 1. The Kier molecular flexibility index (Phi) is 4.95. The molecule has 0 atom stereocenters. The first-order valence-corrected chi connectivity index (χ1v) is 6.76. The molecule has 0 unspecified atom stereocenters. The zero-order valence-corrected chi connectivity index (χ0v) is 12.4. The Morgan fingerprint density at radius 2 is 1.91 bits per heavy atom. The fraction of sp³-hybridized carbons (Fsp3) is 0.118. The largest absolute Gasteiger partial charge is 0.484 e. The Labute approximate surface area is 132 Å². The predicted molar refractivity (Wildman–Crippen MR) is 83.4 cm³/mol. The van der Waals surface area contributed by atoms with E-state index in [1.165, 1.54) is 12.1 Å². The maximum atomic E-state index is 11.8. The van der Waals surface area contributed by atoms with Crippen LogP contribution in [-0.4, -0.2) is 23.6 Å². The highest BCUT2D eigenvalue weighted by molar-refractivity contribution is 5.94. The van der Waals surface area contributed by atoms with Crippen molar-refractivity contribution in [2.24, 2.45) is 0 Å². The van der Waals surface area contributed by atoms with Gasteiger partial charge in [0.05, 0.1) is 17.2 Å². The van der Waals surface area contributed by atoms with Crippen molar-refractivity contribution in [3.05, 3.63) is 59.2 Å². The van der Waals surface area contributed by atoms with Crippen molar-refractivity contribution in [3.8, 4) is 11.8 Å². The molecule has 0 saturated heterocycles. The molecule has 0 spiro atoms. The van der Waals surface area contributed by atoms with Gasteiger partial charge in [0.15, 0.2) is 6.61 Å². The maximum Gasteiger partial charge on any atom is 0.335 e. The molecule has 6 heteroatoms. The molecular weight excluding hydrogens is 296 g/mol. The number of ether oxygens (including phenoxy) is 1. The van der Waals surface area contributed by atoms with E-state index in [1.54, 1.807) is 37.3 Å². The van der Waals surface area contributed by atoms with E-state index in [1.807, 2.05) is 6.07 Å². The Morgan fingerprint density at radius 1 is 1.22 bits per heavy atom. The van der Waals surface area contributed by atoms with Gasteiger partial charge in [-0.1, -0.05) is 0 Å². The highest BCUT2D eigenvalue weighted by atomic mass is 16.5. The topological polar surface area (TPSA) is 99.4 Å². The lowest BCUT2D eigenvalue weighted by atomic mass is 10.1. The molecule has 0 radical (unpaired) electrons. The molecular formula is C17H14N2O4. The first-order valence-electron chi connectivity index (χ1n) is 6.76. The van der Waals surface area contributed by atoms with Crippen LogP contribution in [0.2, 0.25) is 0 Å². The van der Waals surface area contributed by atoms with Crippen LogP contribution in [0.1, 0.15) is 21.5 Å². The summed E-state index contributed by atoms with van der Waals surface area (Å²) in [5, 5.41) is 20.3. The van der Waals surface area contributed by atoms with Crippen LogP contribution in [0, 0.1) is 18.3 Å². The van der Waals surface area contributed by atoms with Gasteiger partial charge in [0.2, 0.25) is 0 Å². The number of nitrogens with one attached hydrogen (secondary N) is 1. The summed E-state index contributed by atoms with van der Waals surface area (Å²) in [6.07, 6.45) is 0. The second-order valence-corrected chi connectivity index (χ2v) is 4.81. The van der Waals surface area contributed by atoms with Gasteiger partial charge >= 0.3 is 5.97 Å². The number of hydrogen-bond donors (Lipinski definition) is 2.